The first-order valence-corrected chi connectivity index (χ1v) is 14.1. The van der Waals surface area contributed by atoms with Crippen LogP contribution < -0.4 is 15.1 Å². The van der Waals surface area contributed by atoms with Crippen LogP contribution in [0.3, 0.4) is 0 Å². The molecule has 1 aliphatic rings. The summed E-state index contributed by atoms with van der Waals surface area (Å²) in [6, 6.07) is 17.5. The predicted octanol–water partition coefficient (Wildman–Crippen LogP) is 6.32. The summed E-state index contributed by atoms with van der Waals surface area (Å²) in [6.45, 7) is 6.30. The molecule has 0 radical (unpaired) electrons. The van der Waals surface area contributed by atoms with E-state index in [9.17, 15) is 4.79 Å². The smallest absolute Gasteiger partial charge is 0.251 e. The molecule has 1 aromatic heterocycles. The van der Waals surface area contributed by atoms with Gasteiger partial charge in [-0.3, -0.25) is 4.79 Å². The molecule has 6 nitrogen and oxygen atoms in total. The van der Waals surface area contributed by atoms with Gasteiger partial charge in [0.25, 0.3) is 5.91 Å². The summed E-state index contributed by atoms with van der Waals surface area (Å²) >= 11 is 14.0. The Balaban J connectivity index is 1.31. The molecule has 3 aromatic rings. The topological polar surface area (TPSA) is 61.4 Å². The fourth-order valence-electron chi connectivity index (χ4n) is 4.06. The van der Waals surface area contributed by atoms with Gasteiger partial charge < -0.3 is 15.1 Å². The van der Waals surface area contributed by atoms with E-state index < -0.39 is 0 Å². The normalized spacial score (nSPS) is 13.6. The molecule has 190 valence electrons. The predicted molar refractivity (Wildman–Crippen MR) is 151 cm³/mol. The Morgan fingerprint density at radius 1 is 0.972 bits per heavy atom. The zero-order chi connectivity index (χ0) is 25.3. The number of anilines is 2. The van der Waals surface area contributed by atoms with Crippen molar-refractivity contribution in [2.75, 3.05) is 42.5 Å². The van der Waals surface area contributed by atoms with Gasteiger partial charge in [-0.1, -0.05) is 72.9 Å². The molecule has 1 N–H and O–H groups in total. The lowest BCUT2D eigenvalue weighted by atomic mass is 10.1. The molecule has 1 saturated heterocycles. The van der Waals surface area contributed by atoms with Gasteiger partial charge in [0.2, 0.25) is 0 Å². The molecule has 0 atom stereocenters. The van der Waals surface area contributed by atoms with E-state index in [2.05, 4.69) is 33.1 Å². The molecule has 36 heavy (non-hydrogen) atoms. The largest absolute Gasteiger partial charge is 0.368 e. The van der Waals surface area contributed by atoms with Crippen molar-refractivity contribution in [1.82, 2.24) is 15.3 Å². The van der Waals surface area contributed by atoms with Crippen molar-refractivity contribution in [2.24, 2.45) is 0 Å². The Morgan fingerprint density at radius 3 is 2.44 bits per heavy atom. The number of benzene rings is 2. The summed E-state index contributed by atoms with van der Waals surface area (Å²) < 4.78 is 0. The second kappa shape index (κ2) is 13.2. The van der Waals surface area contributed by atoms with E-state index in [-0.39, 0.29) is 5.91 Å². The molecular formula is C27H31Cl2N5OS. The van der Waals surface area contributed by atoms with Crippen molar-refractivity contribution in [3.63, 3.8) is 0 Å². The van der Waals surface area contributed by atoms with Crippen LogP contribution in [0.5, 0.6) is 0 Å². The zero-order valence-electron chi connectivity index (χ0n) is 20.4. The standard InChI is InChI=1S/C27H31Cl2N5OS/c1-2-3-4-12-30-26(35)21-10-8-20(9-11-21)19-36-27-31-24(29)18-25(32-27)34-15-13-33(14-16-34)23-7-5-6-22(28)17-23/h5-11,17-18H,2-4,12-16,19H2,1H3,(H,30,35). The minimum Gasteiger partial charge on any atom is -0.368 e. The molecule has 4 rings (SSSR count). The Labute approximate surface area is 227 Å². The van der Waals surface area contributed by atoms with Gasteiger partial charge in [0.1, 0.15) is 11.0 Å². The number of amides is 1. The van der Waals surface area contributed by atoms with Gasteiger partial charge in [-0.25, -0.2) is 9.97 Å². The quantitative estimate of drug-likeness (QED) is 0.140. The lowest BCUT2D eigenvalue weighted by Crippen LogP contribution is -2.46. The van der Waals surface area contributed by atoms with Gasteiger partial charge >= 0.3 is 0 Å². The number of thioether (sulfide) groups is 1. The maximum absolute atomic E-state index is 12.3. The number of piperazine rings is 1. The van der Waals surface area contributed by atoms with Crippen molar-refractivity contribution in [2.45, 2.75) is 37.1 Å². The van der Waals surface area contributed by atoms with E-state index in [1.54, 1.807) is 0 Å². The second-order valence-corrected chi connectivity index (χ2v) is 10.5. The summed E-state index contributed by atoms with van der Waals surface area (Å²) in [7, 11) is 0. The van der Waals surface area contributed by atoms with Gasteiger partial charge in [-0.15, -0.1) is 0 Å². The van der Waals surface area contributed by atoms with E-state index in [0.717, 1.165) is 67.5 Å². The maximum atomic E-state index is 12.3. The number of hydrogen-bond acceptors (Lipinski definition) is 6. The molecule has 0 aliphatic carbocycles. The minimum atomic E-state index is -0.0245. The van der Waals surface area contributed by atoms with Crippen molar-refractivity contribution in [3.05, 3.63) is 75.9 Å². The first kappa shape index (κ1) is 26.6. The van der Waals surface area contributed by atoms with Gasteiger partial charge in [-0.2, -0.15) is 0 Å². The monoisotopic (exact) mass is 543 g/mol. The number of hydrogen-bond donors (Lipinski definition) is 1. The fourth-order valence-corrected chi connectivity index (χ4v) is 5.28. The number of halogens is 2. The molecular weight excluding hydrogens is 513 g/mol. The lowest BCUT2D eigenvalue weighted by molar-refractivity contribution is 0.0953. The number of nitrogens with one attached hydrogen (secondary N) is 1. The van der Waals surface area contributed by atoms with E-state index in [1.165, 1.54) is 11.8 Å². The highest BCUT2D eigenvalue weighted by Gasteiger charge is 2.20. The van der Waals surface area contributed by atoms with E-state index in [1.807, 2.05) is 48.5 Å². The number of carbonyl (C=O) groups is 1. The Hall–Kier alpha value is -2.48. The van der Waals surface area contributed by atoms with E-state index in [0.29, 0.717) is 28.2 Å². The SMILES string of the molecule is CCCCCNC(=O)c1ccc(CSc2nc(Cl)cc(N3CCN(c4cccc(Cl)c4)CC3)n2)cc1. The number of aromatic nitrogens is 2. The Morgan fingerprint density at radius 2 is 1.72 bits per heavy atom. The van der Waals surface area contributed by atoms with Crippen LogP contribution in [0, 0.1) is 0 Å². The third-order valence-corrected chi connectivity index (χ3v) is 7.43. The van der Waals surface area contributed by atoms with Gasteiger partial charge in [0.05, 0.1) is 0 Å². The second-order valence-electron chi connectivity index (χ2n) is 8.73. The molecule has 2 aromatic carbocycles. The lowest BCUT2D eigenvalue weighted by Gasteiger charge is -2.36. The van der Waals surface area contributed by atoms with Crippen molar-refractivity contribution >= 4 is 52.4 Å². The summed E-state index contributed by atoms with van der Waals surface area (Å²) in [5, 5.41) is 4.81. The Kier molecular flexibility index (Phi) is 9.73. The number of rotatable bonds is 10. The number of unbranched alkanes of at least 4 members (excludes halogenated alkanes) is 2. The van der Waals surface area contributed by atoms with Gasteiger partial charge in [-0.05, 0) is 42.3 Å². The highest BCUT2D eigenvalue weighted by Crippen LogP contribution is 2.27. The molecule has 0 unspecified atom stereocenters. The van der Waals surface area contributed by atoms with Crippen LogP contribution in [0.1, 0.15) is 42.1 Å². The van der Waals surface area contributed by atoms with Crippen LogP contribution in [-0.4, -0.2) is 48.6 Å². The fraction of sp³-hybridized carbons (Fsp3) is 0.370. The average Bonchev–Trinajstić information content (AvgIpc) is 2.90. The zero-order valence-corrected chi connectivity index (χ0v) is 22.7. The third-order valence-electron chi connectivity index (χ3n) is 6.09. The first-order chi connectivity index (χ1) is 17.5. The highest BCUT2D eigenvalue weighted by atomic mass is 35.5. The summed E-state index contributed by atoms with van der Waals surface area (Å²) in [5.74, 6) is 1.52. The third kappa shape index (κ3) is 7.51. The van der Waals surface area contributed by atoms with Crippen LogP contribution in [-0.2, 0) is 5.75 Å². The average molecular weight is 545 g/mol. The highest BCUT2D eigenvalue weighted by molar-refractivity contribution is 7.98. The van der Waals surface area contributed by atoms with Crippen LogP contribution in [0.15, 0.2) is 59.8 Å². The molecule has 1 amide bonds. The summed E-state index contributed by atoms with van der Waals surface area (Å²) in [6.07, 6.45) is 3.28. The molecule has 0 saturated carbocycles. The van der Waals surface area contributed by atoms with E-state index in [4.69, 9.17) is 28.2 Å². The molecule has 0 spiro atoms. The summed E-state index contributed by atoms with van der Waals surface area (Å²) in [5.41, 5.74) is 2.92. The first-order valence-electron chi connectivity index (χ1n) is 12.3. The van der Waals surface area contributed by atoms with Gasteiger partial charge in [0.15, 0.2) is 5.16 Å². The molecule has 0 bridgehead atoms. The number of carbonyl (C=O) groups excluding carboxylic acids is 1. The summed E-state index contributed by atoms with van der Waals surface area (Å²) in [4.78, 5) is 26.0. The minimum absolute atomic E-state index is 0.0245. The maximum Gasteiger partial charge on any atom is 0.251 e. The van der Waals surface area contributed by atoms with Crippen molar-refractivity contribution in [3.8, 4) is 0 Å². The molecule has 2 heterocycles. The molecule has 1 fully saturated rings. The molecule has 1 aliphatic heterocycles. The van der Waals surface area contributed by atoms with Crippen LogP contribution >= 0.6 is 35.0 Å². The van der Waals surface area contributed by atoms with Crippen molar-refractivity contribution in [1.29, 1.82) is 0 Å². The van der Waals surface area contributed by atoms with Crippen LogP contribution in [0.4, 0.5) is 11.5 Å². The molecule has 9 heteroatoms. The van der Waals surface area contributed by atoms with Crippen LogP contribution in [0.2, 0.25) is 10.2 Å². The van der Waals surface area contributed by atoms with E-state index >= 15 is 0 Å². The van der Waals surface area contributed by atoms with Crippen molar-refractivity contribution < 1.29 is 4.79 Å². The number of nitrogens with zero attached hydrogens (tertiary/aromatic N) is 4. The van der Waals surface area contributed by atoms with Crippen LogP contribution in [0.25, 0.3) is 0 Å². The van der Waals surface area contributed by atoms with Gasteiger partial charge in [0, 0.05) is 60.8 Å². The Bertz CT molecular complexity index is 1150.